The van der Waals surface area contributed by atoms with Crippen molar-refractivity contribution < 1.29 is 50.2 Å². The molecule has 4 amide bonds. The van der Waals surface area contributed by atoms with Gasteiger partial charge in [-0.2, -0.15) is 22.8 Å². The molecular weight excluding hydrogens is 844 g/mol. The second-order valence-corrected chi connectivity index (χ2v) is 19.2. The van der Waals surface area contributed by atoms with Crippen molar-refractivity contribution in [3.8, 4) is 17.1 Å². The average molecular weight is 892 g/mol. The summed E-state index contributed by atoms with van der Waals surface area (Å²) in [5.41, 5.74) is -1.84. The van der Waals surface area contributed by atoms with E-state index in [0.717, 1.165) is 25.3 Å². The summed E-state index contributed by atoms with van der Waals surface area (Å²) in [4.78, 5) is 62.5. The normalized spacial score (nSPS) is 26.6. The van der Waals surface area contributed by atoms with Crippen LogP contribution in [0, 0.1) is 5.92 Å². The molecule has 9 rings (SSSR count). The first kappa shape index (κ1) is 42.6. The maximum absolute atomic E-state index is 14.8. The van der Waals surface area contributed by atoms with Crippen molar-refractivity contribution in [1.29, 1.82) is 0 Å². The van der Waals surface area contributed by atoms with E-state index < -0.39 is 80.5 Å². The number of nitrogens with one attached hydrogen (secondary N) is 3. The minimum Gasteiger partial charge on any atom is -0.472 e. The van der Waals surface area contributed by atoms with E-state index in [1.807, 2.05) is 12.2 Å². The molecule has 2 aromatic carbocycles. The van der Waals surface area contributed by atoms with Crippen LogP contribution < -0.4 is 20.1 Å². The molecule has 0 spiro atoms. The summed E-state index contributed by atoms with van der Waals surface area (Å²) in [6.45, 7) is -0.204. The minimum absolute atomic E-state index is 0.00730. The molecule has 0 unspecified atom stereocenters. The van der Waals surface area contributed by atoms with Gasteiger partial charge in [-0.3, -0.25) is 19.1 Å². The molecular formula is C44H48F3N7O8S. The van der Waals surface area contributed by atoms with E-state index in [2.05, 4.69) is 20.5 Å². The first-order chi connectivity index (χ1) is 30.2. The number of hydrogen-bond acceptors (Lipinski definition) is 10. The second-order valence-electron chi connectivity index (χ2n) is 17.3. The van der Waals surface area contributed by atoms with Crippen molar-refractivity contribution in [3.63, 3.8) is 0 Å². The molecule has 0 bridgehead atoms. The Morgan fingerprint density at radius 3 is 2.43 bits per heavy atom. The zero-order valence-corrected chi connectivity index (χ0v) is 35.1. The Bertz CT molecular complexity index is 2580. The van der Waals surface area contributed by atoms with Gasteiger partial charge in [0.25, 0.3) is 5.91 Å². The molecule has 3 saturated carbocycles. The fourth-order valence-corrected chi connectivity index (χ4v) is 10.5. The molecule has 15 nitrogen and oxygen atoms in total. The SMILES string of the molecule is O=C(N[C@@H]1CCCCC/C=C\[C@@H]2C[C@@]2(C(=O)NS(=O)(=O)C2CC2)NC(=O)[C@@H]2C[C@@H](Oc3cc(-c4ccccc4)nc4c5cccc(C(F)(F)F)c5nn34)CN2C1=O)OC1CCCC1. The van der Waals surface area contributed by atoms with E-state index in [-0.39, 0.29) is 54.3 Å². The van der Waals surface area contributed by atoms with Crippen LogP contribution in [0.15, 0.2) is 66.7 Å². The number of allylic oxidation sites excluding steroid dienone is 1. The van der Waals surface area contributed by atoms with Crippen LogP contribution in [0.3, 0.4) is 0 Å². The van der Waals surface area contributed by atoms with Crippen LogP contribution in [-0.2, 0) is 35.3 Å². The molecule has 5 aliphatic rings. The van der Waals surface area contributed by atoms with Crippen molar-refractivity contribution in [2.24, 2.45) is 5.92 Å². The zero-order valence-electron chi connectivity index (χ0n) is 34.3. The lowest BCUT2D eigenvalue weighted by molar-refractivity contribution is -0.141. The first-order valence-electron chi connectivity index (χ1n) is 21.6. The van der Waals surface area contributed by atoms with Crippen LogP contribution >= 0.6 is 0 Å². The lowest BCUT2D eigenvalue weighted by atomic mass is 10.0. The van der Waals surface area contributed by atoms with Crippen molar-refractivity contribution in [2.75, 3.05) is 6.54 Å². The molecule has 334 valence electrons. The molecule has 3 N–H and O–H groups in total. The third-order valence-corrected chi connectivity index (χ3v) is 14.6. The van der Waals surface area contributed by atoms with Gasteiger partial charge >= 0.3 is 12.3 Å². The third-order valence-electron chi connectivity index (χ3n) is 12.7. The lowest BCUT2D eigenvalue weighted by Gasteiger charge is -2.30. The number of halogens is 3. The molecule has 3 aliphatic carbocycles. The van der Waals surface area contributed by atoms with Gasteiger partial charge in [-0.1, -0.05) is 61.4 Å². The number of benzene rings is 2. The van der Waals surface area contributed by atoms with Crippen LogP contribution in [0.5, 0.6) is 5.88 Å². The molecule has 5 atom stereocenters. The highest BCUT2D eigenvalue weighted by molar-refractivity contribution is 7.91. The highest BCUT2D eigenvalue weighted by atomic mass is 32.2. The first-order valence-corrected chi connectivity index (χ1v) is 23.2. The summed E-state index contributed by atoms with van der Waals surface area (Å²) in [6.07, 6.45) is 3.95. The molecule has 4 heterocycles. The third kappa shape index (κ3) is 8.80. The fraction of sp³-hybridized carbons (Fsp3) is 0.500. The van der Waals surface area contributed by atoms with Gasteiger partial charge in [0.2, 0.25) is 27.7 Å². The summed E-state index contributed by atoms with van der Waals surface area (Å²) >= 11 is 0. The number of sulfonamides is 1. The number of carbonyl (C=O) groups is 4. The zero-order chi connectivity index (χ0) is 44.1. The highest BCUT2D eigenvalue weighted by Crippen LogP contribution is 2.46. The van der Waals surface area contributed by atoms with Gasteiger partial charge in [0, 0.05) is 29.4 Å². The van der Waals surface area contributed by atoms with E-state index in [9.17, 15) is 40.8 Å². The van der Waals surface area contributed by atoms with Gasteiger partial charge < -0.3 is 25.0 Å². The van der Waals surface area contributed by atoms with Crippen LogP contribution in [0.1, 0.15) is 89.0 Å². The molecule has 19 heteroatoms. The van der Waals surface area contributed by atoms with Crippen molar-refractivity contribution in [2.45, 2.75) is 125 Å². The van der Waals surface area contributed by atoms with Gasteiger partial charge in [-0.15, -0.1) is 0 Å². The number of hydrogen-bond donors (Lipinski definition) is 3. The molecule has 4 fully saturated rings. The average Bonchev–Trinajstić information content (AvgIpc) is 4.06. The predicted octanol–water partition coefficient (Wildman–Crippen LogP) is 5.96. The Kier molecular flexibility index (Phi) is 11.3. The maximum atomic E-state index is 14.8. The number of ether oxygens (including phenoxy) is 2. The van der Waals surface area contributed by atoms with Gasteiger partial charge in [-0.25, -0.2) is 18.2 Å². The van der Waals surface area contributed by atoms with E-state index in [4.69, 9.17) is 14.5 Å². The summed E-state index contributed by atoms with van der Waals surface area (Å²) in [6, 6.07) is 11.8. The lowest BCUT2D eigenvalue weighted by Crippen LogP contribution is -2.58. The Morgan fingerprint density at radius 2 is 1.68 bits per heavy atom. The van der Waals surface area contributed by atoms with E-state index in [1.165, 1.54) is 27.6 Å². The van der Waals surface area contributed by atoms with Crippen LogP contribution in [0.25, 0.3) is 27.8 Å². The van der Waals surface area contributed by atoms with E-state index >= 15 is 0 Å². The van der Waals surface area contributed by atoms with E-state index in [0.29, 0.717) is 56.2 Å². The maximum Gasteiger partial charge on any atom is 0.418 e. The standard InChI is InChI=1S/C44H48F3N7O8S/c45-44(46,47)32-18-11-17-31-37(32)51-54-36(23-34(48-38(31)54)26-12-5-4-6-13-26)61-29-22-35-39(55)50-43(41(57)52-63(59,60)30-20-21-30)24-27(43)14-7-2-1-3-8-19-33(40(56)53(35)25-29)49-42(58)62-28-15-9-10-16-28/h4-7,11-14,17-18,23,27-30,33,35H,1-3,8-10,15-16,19-22,24-25H2,(H,49,58)(H,50,55)(H,52,57)/b14-7-/t27-,29-,33-,35+,43-/m1/s1. The fourth-order valence-electron chi connectivity index (χ4n) is 9.10. The highest BCUT2D eigenvalue weighted by Gasteiger charge is 2.62. The molecule has 2 aliphatic heterocycles. The second kappa shape index (κ2) is 16.8. The van der Waals surface area contributed by atoms with Crippen LogP contribution in [0.4, 0.5) is 18.0 Å². The van der Waals surface area contributed by atoms with Gasteiger partial charge in [0.15, 0.2) is 5.65 Å². The van der Waals surface area contributed by atoms with Gasteiger partial charge in [0.1, 0.15) is 35.3 Å². The van der Waals surface area contributed by atoms with Crippen LogP contribution in [-0.4, -0.2) is 93.4 Å². The number of fused-ring (bicyclic) bond motifs is 5. The molecule has 2 aromatic heterocycles. The number of rotatable bonds is 8. The Labute approximate surface area is 361 Å². The van der Waals surface area contributed by atoms with E-state index in [1.54, 1.807) is 30.3 Å². The summed E-state index contributed by atoms with van der Waals surface area (Å²) < 4.78 is 84.3. The topological polar surface area (TPSA) is 190 Å². The quantitative estimate of drug-likeness (QED) is 0.178. The predicted molar refractivity (Wildman–Crippen MR) is 222 cm³/mol. The molecule has 0 radical (unpaired) electrons. The number of nitrogens with zero attached hydrogens (tertiary/aromatic N) is 4. The number of amides is 4. The monoisotopic (exact) mass is 891 g/mol. The number of carbonyl (C=O) groups excluding carboxylic acids is 4. The summed E-state index contributed by atoms with van der Waals surface area (Å²) in [5, 5.41) is 9.38. The minimum atomic E-state index is -4.73. The number of aromatic nitrogens is 3. The van der Waals surface area contributed by atoms with Crippen molar-refractivity contribution in [1.82, 2.24) is 34.9 Å². The Morgan fingerprint density at radius 1 is 0.921 bits per heavy atom. The summed E-state index contributed by atoms with van der Waals surface area (Å²) in [7, 11) is -3.98. The Balaban J connectivity index is 1.08. The van der Waals surface area contributed by atoms with Gasteiger partial charge in [-0.05, 0) is 76.3 Å². The smallest absolute Gasteiger partial charge is 0.418 e. The molecule has 1 saturated heterocycles. The van der Waals surface area contributed by atoms with Crippen LogP contribution in [0.2, 0.25) is 0 Å². The number of alkyl carbamates (subject to hydrolysis) is 1. The number of alkyl halides is 3. The van der Waals surface area contributed by atoms with Crippen molar-refractivity contribution in [3.05, 3.63) is 72.3 Å². The molecule has 4 aromatic rings. The summed E-state index contributed by atoms with van der Waals surface area (Å²) in [5.74, 6) is -2.72. The largest absolute Gasteiger partial charge is 0.472 e. The Hall–Kier alpha value is -5.72. The van der Waals surface area contributed by atoms with Crippen molar-refractivity contribution >= 4 is 50.4 Å². The van der Waals surface area contributed by atoms with Gasteiger partial charge in [0.05, 0.1) is 23.1 Å². The molecule has 63 heavy (non-hydrogen) atoms.